The van der Waals surface area contributed by atoms with Crippen LogP contribution in [0.2, 0.25) is 0 Å². The van der Waals surface area contributed by atoms with Crippen molar-refractivity contribution in [1.82, 2.24) is 14.7 Å². The highest BCUT2D eigenvalue weighted by molar-refractivity contribution is 5.92. The SMILES string of the molecule is COC(CNC(=O)c1cn2c(C)cccc2n1)CC(=O)O. The molecule has 0 saturated heterocycles. The number of imidazole rings is 1. The van der Waals surface area contributed by atoms with Crippen molar-refractivity contribution in [3.05, 3.63) is 35.8 Å². The Morgan fingerprint density at radius 1 is 1.48 bits per heavy atom. The first-order valence-corrected chi connectivity index (χ1v) is 6.48. The summed E-state index contributed by atoms with van der Waals surface area (Å²) in [6.45, 7) is 2.04. The van der Waals surface area contributed by atoms with E-state index in [0.717, 1.165) is 5.69 Å². The molecule has 2 N–H and O–H groups in total. The second kappa shape index (κ2) is 6.36. The fourth-order valence-corrected chi connectivity index (χ4v) is 1.99. The molecule has 7 heteroatoms. The number of aryl methyl sites for hydroxylation is 1. The molecule has 7 nitrogen and oxygen atoms in total. The lowest BCUT2D eigenvalue weighted by Crippen LogP contribution is -2.34. The molecule has 0 saturated carbocycles. The maximum atomic E-state index is 12.0. The molecule has 2 aromatic rings. The minimum Gasteiger partial charge on any atom is -0.481 e. The summed E-state index contributed by atoms with van der Waals surface area (Å²) in [5.74, 6) is -1.33. The van der Waals surface area contributed by atoms with Gasteiger partial charge in [0.05, 0.1) is 12.5 Å². The highest BCUT2D eigenvalue weighted by atomic mass is 16.5. The Kier molecular flexibility index (Phi) is 4.54. The zero-order valence-electron chi connectivity index (χ0n) is 11.9. The predicted molar refractivity (Wildman–Crippen MR) is 75.3 cm³/mol. The Balaban J connectivity index is 2.05. The van der Waals surface area contributed by atoms with Gasteiger partial charge in [-0.25, -0.2) is 4.98 Å². The van der Waals surface area contributed by atoms with Gasteiger partial charge >= 0.3 is 5.97 Å². The number of nitrogens with one attached hydrogen (secondary N) is 1. The quantitative estimate of drug-likeness (QED) is 0.823. The lowest BCUT2D eigenvalue weighted by atomic mass is 10.2. The van der Waals surface area contributed by atoms with Gasteiger partial charge in [-0.15, -0.1) is 0 Å². The number of pyridine rings is 1. The summed E-state index contributed by atoms with van der Waals surface area (Å²) in [5.41, 5.74) is 1.95. The number of fused-ring (bicyclic) bond motifs is 1. The van der Waals surface area contributed by atoms with Crippen LogP contribution >= 0.6 is 0 Å². The molecule has 0 aliphatic heterocycles. The lowest BCUT2D eigenvalue weighted by molar-refractivity contribution is -0.139. The van der Waals surface area contributed by atoms with E-state index in [1.54, 1.807) is 6.20 Å². The summed E-state index contributed by atoms with van der Waals surface area (Å²) < 4.78 is 6.82. The summed E-state index contributed by atoms with van der Waals surface area (Å²) >= 11 is 0. The summed E-state index contributed by atoms with van der Waals surface area (Å²) in [6.07, 6.45) is 0.922. The molecule has 0 aliphatic rings. The topological polar surface area (TPSA) is 92.9 Å². The third-order valence-corrected chi connectivity index (χ3v) is 3.15. The van der Waals surface area contributed by atoms with Gasteiger partial charge in [-0.2, -0.15) is 0 Å². The number of nitrogens with zero attached hydrogens (tertiary/aromatic N) is 2. The van der Waals surface area contributed by atoms with E-state index in [1.165, 1.54) is 7.11 Å². The van der Waals surface area contributed by atoms with E-state index in [1.807, 2.05) is 29.5 Å². The number of rotatable bonds is 6. The van der Waals surface area contributed by atoms with Gasteiger partial charge in [0.25, 0.3) is 5.91 Å². The van der Waals surface area contributed by atoms with E-state index in [2.05, 4.69) is 10.3 Å². The van der Waals surface area contributed by atoms with Crippen molar-refractivity contribution in [1.29, 1.82) is 0 Å². The Morgan fingerprint density at radius 3 is 2.86 bits per heavy atom. The van der Waals surface area contributed by atoms with Crippen LogP contribution in [0.15, 0.2) is 24.4 Å². The summed E-state index contributed by atoms with van der Waals surface area (Å²) in [5, 5.41) is 11.3. The van der Waals surface area contributed by atoms with Crippen LogP contribution in [0.1, 0.15) is 22.6 Å². The molecule has 2 aromatic heterocycles. The fourth-order valence-electron chi connectivity index (χ4n) is 1.99. The van der Waals surface area contributed by atoms with Crippen molar-refractivity contribution in [2.24, 2.45) is 0 Å². The standard InChI is InChI=1S/C14H17N3O4/c1-9-4-3-5-12-16-11(8-17(9)12)14(20)15-7-10(21-2)6-13(18)19/h3-5,8,10H,6-7H2,1-2H3,(H,15,20)(H,18,19). The number of hydrogen-bond acceptors (Lipinski definition) is 4. The van der Waals surface area contributed by atoms with Gasteiger partial charge in [0, 0.05) is 25.5 Å². The molecule has 0 fully saturated rings. The largest absolute Gasteiger partial charge is 0.481 e. The number of aliphatic carboxylic acids is 1. The molecule has 0 aromatic carbocycles. The molecule has 112 valence electrons. The van der Waals surface area contributed by atoms with Crippen LogP contribution in [0, 0.1) is 6.92 Å². The van der Waals surface area contributed by atoms with E-state index in [-0.39, 0.29) is 24.6 Å². The lowest BCUT2D eigenvalue weighted by Gasteiger charge is -2.13. The first kappa shape index (κ1) is 15.0. The molecule has 2 rings (SSSR count). The minimum atomic E-state index is -0.973. The van der Waals surface area contributed by atoms with Crippen LogP contribution in [0.3, 0.4) is 0 Å². The van der Waals surface area contributed by atoms with Crippen LogP contribution in [-0.2, 0) is 9.53 Å². The average Bonchev–Trinajstić information content (AvgIpc) is 2.88. The van der Waals surface area contributed by atoms with Crippen molar-refractivity contribution in [2.75, 3.05) is 13.7 Å². The van der Waals surface area contributed by atoms with Crippen LogP contribution in [-0.4, -0.2) is 46.1 Å². The van der Waals surface area contributed by atoms with Gasteiger partial charge in [0.15, 0.2) is 0 Å². The van der Waals surface area contributed by atoms with Gasteiger partial charge in [0.2, 0.25) is 0 Å². The monoisotopic (exact) mass is 291 g/mol. The maximum Gasteiger partial charge on any atom is 0.306 e. The van der Waals surface area contributed by atoms with E-state index < -0.39 is 12.1 Å². The molecule has 1 amide bonds. The van der Waals surface area contributed by atoms with Gasteiger partial charge in [0.1, 0.15) is 11.3 Å². The van der Waals surface area contributed by atoms with E-state index in [4.69, 9.17) is 9.84 Å². The average molecular weight is 291 g/mol. The van der Waals surface area contributed by atoms with Crippen molar-refractivity contribution in [3.63, 3.8) is 0 Å². The van der Waals surface area contributed by atoms with Crippen molar-refractivity contribution in [2.45, 2.75) is 19.4 Å². The van der Waals surface area contributed by atoms with E-state index in [9.17, 15) is 9.59 Å². The Bertz CT molecular complexity index is 665. The van der Waals surface area contributed by atoms with E-state index in [0.29, 0.717) is 5.65 Å². The summed E-state index contributed by atoms with van der Waals surface area (Å²) in [6, 6.07) is 5.60. The fraction of sp³-hybridized carbons (Fsp3) is 0.357. The molecule has 1 unspecified atom stereocenters. The molecular formula is C14H17N3O4. The Morgan fingerprint density at radius 2 is 2.24 bits per heavy atom. The van der Waals surface area contributed by atoms with Crippen molar-refractivity contribution >= 4 is 17.5 Å². The number of carbonyl (C=O) groups is 2. The highest BCUT2D eigenvalue weighted by Gasteiger charge is 2.16. The first-order valence-electron chi connectivity index (χ1n) is 6.48. The van der Waals surface area contributed by atoms with Gasteiger partial charge in [-0.05, 0) is 19.1 Å². The zero-order chi connectivity index (χ0) is 15.4. The van der Waals surface area contributed by atoms with Crippen LogP contribution in [0.25, 0.3) is 5.65 Å². The third-order valence-electron chi connectivity index (χ3n) is 3.15. The van der Waals surface area contributed by atoms with Crippen LogP contribution in [0.5, 0.6) is 0 Å². The van der Waals surface area contributed by atoms with E-state index >= 15 is 0 Å². The molecule has 0 radical (unpaired) electrons. The molecule has 21 heavy (non-hydrogen) atoms. The number of carboxylic acid groups (broad SMARTS) is 1. The molecule has 2 heterocycles. The minimum absolute atomic E-state index is 0.120. The van der Waals surface area contributed by atoms with Crippen molar-refractivity contribution < 1.29 is 19.4 Å². The maximum absolute atomic E-state index is 12.0. The number of methoxy groups -OCH3 is 1. The van der Waals surface area contributed by atoms with Crippen LogP contribution in [0.4, 0.5) is 0 Å². The first-order chi connectivity index (χ1) is 10.0. The molecular weight excluding hydrogens is 274 g/mol. The highest BCUT2D eigenvalue weighted by Crippen LogP contribution is 2.08. The number of ether oxygens (including phenoxy) is 1. The normalized spacial score (nSPS) is 12.3. The smallest absolute Gasteiger partial charge is 0.306 e. The molecule has 0 bridgehead atoms. The molecule has 1 atom stereocenters. The van der Waals surface area contributed by atoms with Gasteiger partial charge in [-0.1, -0.05) is 6.07 Å². The Hall–Kier alpha value is -2.41. The number of carboxylic acids is 1. The predicted octanol–water partition coefficient (Wildman–Crippen LogP) is 0.862. The van der Waals surface area contributed by atoms with Crippen molar-refractivity contribution in [3.8, 4) is 0 Å². The number of amides is 1. The van der Waals surface area contributed by atoms with Gasteiger partial charge in [-0.3, -0.25) is 9.59 Å². The number of hydrogen-bond donors (Lipinski definition) is 2. The summed E-state index contributed by atoms with van der Waals surface area (Å²) in [7, 11) is 1.41. The Labute approximate surface area is 121 Å². The molecule has 0 spiro atoms. The number of aromatic nitrogens is 2. The third kappa shape index (κ3) is 3.57. The van der Waals surface area contributed by atoms with Gasteiger partial charge < -0.3 is 19.6 Å². The zero-order valence-corrected chi connectivity index (χ0v) is 11.9. The summed E-state index contributed by atoms with van der Waals surface area (Å²) in [4.78, 5) is 26.9. The second-order valence-corrected chi connectivity index (χ2v) is 4.69. The number of carbonyl (C=O) groups excluding carboxylic acids is 1. The van der Waals surface area contributed by atoms with Crippen LogP contribution < -0.4 is 5.32 Å². The second-order valence-electron chi connectivity index (χ2n) is 4.69. The molecule has 0 aliphatic carbocycles.